The maximum absolute atomic E-state index is 12.0. The molecule has 0 radical (unpaired) electrons. The van der Waals surface area contributed by atoms with Gasteiger partial charge in [-0.25, -0.2) is 0 Å². The molecule has 2 aliphatic rings. The van der Waals surface area contributed by atoms with Crippen molar-refractivity contribution in [2.24, 2.45) is 5.92 Å². The maximum Gasteiger partial charge on any atom is 0.259 e. The minimum atomic E-state index is -0.421. The highest BCUT2D eigenvalue weighted by molar-refractivity contribution is 6.32. The van der Waals surface area contributed by atoms with Gasteiger partial charge in [-0.1, -0.05) is 56.4 Å². The summed E-state index contributed by atoms with van der Waals surface area (Å²) in [6.07, 6.45) is 10.7. The van der Waals surface area contributed by atoms with E-state index in [1.54, 1.807) is 24.3 Å². The Labute approximate surface area is 165 Å². The van der Waals surface area contributed by atoms with Crippen LogP contribution in [-0.2, 0) is 9.59 Å². The molecule has 1 aromatic carbocycles. The first-order chi connectivity index (χ1) is 13.0. The van der Waals surface area contributed by atoms with Crippen molar-refractivity contribution < 1.29 is 14.3 Å². The smallest absolute Gasteiger partial charge is 0.259 e. The highest BCUT2D eigenvalue weighted by Gasteiger charge is 2.25. The van der Waals surface area contributed by atoms with Gasteiger partial charge in [0, 0.05) is 5.70 Å². The van der Waals surface area contributed by atoms with Gasteiger partial charge < -0.3 is 10.1 Å². The predicted molar refractivity (Wildman–Crippen MR) is 108 cm³/mol. The molecule has 144 valence electrons. The molecule has 1 saturated heterocycles. The maximum atomic E-state index is 12.0. The summed E-state index contributed by atoms with van der Waals surface area (Å²) in [6, 6.07) is 5.31. The number of ketones is 1. The van der Waals surface area contributed by atoms with Crippen molar-refractivity contribution in [2.75, 3.05) is 6.61 Å². The van der Waals surface area contributed by atoms with Crippen molar-refractivity contribution in [1.82, 2.24) is 5.32 Å². The normalized spacial score (nSPS) is 20.0. The fraction of sp³-hybridized carbons (Fsp3) is 0.455. The number of amides is 1. The first-order valence-corrected chi connectivity index (χ1v) is 10.1. The van der Waals surface area contributed by atoms with Gasteiger partial charge >= 0.3 is 0 Å². The summed E-state index contributed by atoms with van der Waals surface area (Å²) in [5, 5.41) is 3.07. The van der Waals surface area contributed by atoms with Crippen LogP contribution in [0.2, 0.25) is 5.02 Å². The molecule has 1 N–H and O–H groups in total. The van der Waals surface area contributed by atoms with Crippen LogP contribution in [0.25, 0.3) is 6.08 Å². The third-order valence-corrected chi connectivity index (χ3v) is 5.51. The lowest BCUT2D eigenvalue weighted by Gasteiger charge is -2.21. The molecule has 0 aromatic heterocycles. The highest BCUT2D eigenvalue weighted by atomic mass is 35.5. The second-order valence-corrected chi connectivity index (χ2v) is 7.81. The van der Waals surface area contributed by atoms with Gasteiger partial charge in [-0.05, 0) is 42.5 Å². The van der Waals surface area contributed by atoms with E-state index >= 15 is 0 Å². The Hall–Kier alpha value is -2.07. The van der Waals surface area contributed by atoms with Gasteiger partial charge in [0.15, 0.2) is 5.78 Å². The third kappa shape index (κ3) is 5.46. The lowest BCUT2D eigenvalue weighted by atomic mass is 9.86. The van der Waals surface area contributed by atoms with Gasteiger partial charge in [0.2, 0.25) is 0 Å². The van der Waals surface area contributed by atoms with E-state index in [9.17, 15) is 9.59 Å². The highest BCUT2D eigenvalue weighted by Crippen LogP contribution is 2.29. The van der Waals surface area contributed by atoms with E-state index in [1.807, 2.05) is 0 Å². The summed E-state index contributed by atoms with van der Waals surface area (Å²) in [4.78, 5) is 24.0. The van der Waals surface area contributed by atoms with Crippen LogP contribution < -0.4 is 10.1 Å². The van der Waals surface area contributed by atoms with Crippen molar-refractivity contribution >= 4 is 29.4 Å². The third-order valence-electron chi connectivity index (χ3n) is 5.22. The second-order valence-electron chi connectivity index (χ2n) is 7.40. The van der Waals surface area contributed by atoms with Crippen molar-refractivity contribution in [3.63, 3.8) is 0 Å². The molecule has 1 heterocycles. The van der Waals surface area contributed by atoms with E-state index in [4.69, 9.17) is 16.3 Å². The van der Waals surface area contributed by atoms with Gasteiger partial charge in [-0.3, -0.25) is 9.59 Å². The fourth-order valence-corrected chi connectivity index (χ4v) is 4.00. The topological polar surface area (TPSA) is 55.4 Å². The van der Waals surface area contributed by atoms with Crippen LogP contribution in [0.4, 0.5) is 0 Å². The molecule has 0 bridgehead atoms. The van der Waals surface area contributed by atoms with Gasteiger partial charge in [-0.2, -0.15) is 0 Å². The number of carbonyl (C=O) groups is 2. The summed E-state index contributed by atoms with van der Waals surface area (Å²) in [5.41, 5.74) is 1.25. The molecule has 0 spiro atoms. The van der Waals surface area contributed by atoms with E-state index < -0.39 is 5.91 Å². The number of ether oxygens (including phenoxy) is 1. The van der Waals surface area contributed by atoms with Gasteiger partial charge in [-0.15, -0.1) is 0 Å². The van der Waals surface area contributed by atoms with Crippen LogP contribution in [-0.4, -0.2) is 18.3 Å². The molecule has 0 unspecified atom stereocenters. The quantitative estimate of drug-likeness (QED) is 0.421. The summed E-state index contributed by atoms with van der Waals surface area (Å²) in [5.74, 6) is 0.829. The molecule has 2 fully saturated rings. The summed E-state index contributed by atoms with van der Waals surface area (Å²) < 4.78 is 5.82. The standard InChI is InChI=1S/C22H26ClNO3/c1-15-12-20(25)18(22(26)24-15)13-17-9-10-21(19(23)14-17)27-11-5-8-16-6-3-2-4-7-16/h9-10,13-14,16H,1-8,11-12H2,(H,24,26)/b18-13+. The zero-order chi connectivity index (χ0) is 19.2. The Balaban J connectivity index is 1.55. The molecule has 4 nitrogen and oxygen atoms in total. The molecule has 1 aliphatic heterocycles. The van der Waals surface area contributed by atoms with E-state index in [0.717, 1.165) is 12.3 Å². The molecule has 1 saturated carbocycles. The number of nitrogens with one attached hydrogen (secondary N) is 1. The molecule has 3 rings (SSSR count). The molecule has 27 heavy (non-hydrogen) atoms. The number of Topliss-reactive ketones (excluding diaryl/α,β-unsaturated/α-hetero) is 1. The largest absolute Gasteiger partial charge is 0.492 e. The molecular formula is C22H26ClNO3. The summed E-state index contributed by atoms with van der Waals surface area (Å²) in [7, 11) is 0. The number of hydrogen-bond donors (Lipinski definition) is 1. The Morgan fingerprint density at radius 2 is 2.00 bits per heavy atom. The number of piperidine rings is 1. The lowest BCUT2D eigenvalue weighted by molar-refractivity contribution is -0.123. The second kappa shape index (κ2) is 9.23. The Morgan fingerprint density at radius 1 is 1.22 bits per heavy atom. The number of hydrogen-bond acceptors (Lipinski definition) is 3. The molecule has 0 atom stereocenters. The predicted octanol–water partition coefficient (Wildman–Crippen LogP) is 5.07. The zero-order valence-electron chi connectivity index (χ0n) is 15.6. The lowest BCUT2D eigenvalue weighted by Crippen LogP contribution is -2.34. The number of benzene rings is 1. The molecule has 1 amide bonds. The van der Waals surface area contributed by atoms with E-state index in [1.165, 1.54) is 38.5 Å². The van der Waals surface area contributed by atoms with Crippen LogP contribution in [0.15, 0.2) is 36.0 Å². The number of rotatable bonds is 6. The Bertz CT molecular complexity index is 741. The molecule has 1 aromatic rings. The van der Waals surface area contributed by atoms with Crippen molar-refractivity contribution in [3.8, 4) is 5.75 Å². The van der Waals surface area contributed by atoms with Gasteiger partial charge in [0.1, 0.15) is 5.75 Å². The average Bonchev–Trinajstić information content (AvgIpc) is 2.64. The van der Waals surface area contributed by atoms with Crippen LogP contribution >= 0.6 is 11.6 Å². The number of allylic oxidation sites excluding steroid dienone is 1. The number of halogens is 1. The minimum Gasteiger partial charge on any atom is -0.492 e. The summed E-state index contributed by atoms with van der Waals surface area (Å²) >= 11 is 6.32. The van der Waals surface area contributed by atoms with E-state index in [2.05, 4.69) is 11.9 Å². The van der Waals surface area contributed by atoms with E-state index in [-0.39, 0.29) is 17.8 Å². The molecule has 5 heteroatoms. The SMILES string of the molecule is C=C1CC(=O)/C(=C\c2ccc(OCCCC3CCCCC3)c(Cl)c2)C(=O)N1. The van der Waals surface area contributed by atoms with Crippen LogP contribution in [0.1, 0.15) is 56.9 Å². The first kappa shape index (κ1) is 19.7. The average molecular weight is 388 g/mol. The van der Waals surface area contributed by atoms with Crippen molar-refractivity contribution in [3.05, 3.63) is 46.6 Å². The van der Waals surface area contributed by atoms with Crippen LogP contribution in [0, 0.1) is 5.92 Å². The first-order valence-electron chi connectivity index (χ1n) is 9.69. The van der Waals surface area contributed by atoms with Crippen LogP contribution in [0.5, 0.6) is 5.75 Å². The Morgan fingerprint density at radius 3 is 2.70 bits per heavy atom. The molecular weight excluding hydrogens is 362 g/mol. The number of carbonyl (C=O) groups excluding carboxylic acids is 2. The van der Waals surface area contributed by atoms with E-state index in [0.29, 0.717) is 28.6 Å². The minimum absolute atomic E-state index is 0.125. The monoisotopic (exact) mass is 387 g/mol. The van der Waals surface area contributed by atoms with Crippen LogP contribution in [0.3, 0.4) is 0 Å². The van der Waals surface area contributed by atoms with Crippen molar-refractivity contribution in [1.29, 1.82) is 0 Å². The van der Waals surface area contributed by atoms with Gasteiger partial charge in [0.05, 0.1) is 23.6 Å². The van der Waals surface area contributed by atoms with Crippen molar-refractivity contribution in [2.45, 2.75) is 51.4 Å². The van der Waals surface area contributed by atoms with Gasteiger partial charge in [0.25, 0.3) is 5.91 Å². The zero-order valence-corrected chi connectivity index (χ0v) is 16.3. The fourth-order valence-electron chi connectivity index (χ4n) is 3.75. The summed E-state index contributed by atoms with van der Waals surface area (Å²) in [6.45, 7) is 4.28. The Kier molecular flexibility index (Phi) is 6.73. The molecule has 1 aliphatic carbocycles.